The number of aliphatic hydroxyl groups excluding tert-OH is 1. The van der Waals surface area contributed by atoms with Crippen LogP contribution >= 0.6 is 11.8 Å². The highest BCUT2D eigenvalue weighted by Gasteiger charge is 2.78. The molecule has 210 valence electrons. The quantitative estimate of drug-likeness (QED) is 0.465. The number of rotatable bonds is 4. The molecule has 0 aromatic carbocycles. The molecule has 5 aliphatic carbocycles. The van der Waals surface area contributed by atoms with Crippen molar-refractivity contribution in [1.82, 2.24) is 0 Å². The number of halogens is 3. The highest BCUT2D eigenvalue weighted by atomic mass is 32.2. The van der Waals surface area contributed by atoms with E-state index < -0.39 is 80.9 Å². The van der Waals surface area contributed by atoms with Crippen molar-refractivity contribution in [2.24, 2.45) is 39.9 Å². The molecule has 0 amide bonds. The molecule has 0 aliphatic heterocycles. The van der Waals surface area contributed by atoms with Gasteiger partial charge in [-0.05, 0) is 79.8 Å². The Labute approximate surface area is 226 Å². The predicted molar refractivity (Wildman–Crippen MR) is 137 cm³/mol. The van der Waals surface area contributed by atoms with Crippen LogP contribution in [0.5, 0.6) is 0 Å². The first-order valence-electron chi connectivity index (χ1n) is 13.5. The number of carbonyl (C=O) groups is 3. The van der Waals surface area contributed by atoms with Crippen LogP contribution in [-0.4, -0.2) is 51.5 Å². The largest absolute Gasteiger partial charge is 0.449 e. The molecule has 4 saturated carbocycles. The summed E-state index contributed by atoms with van der Waals surface area (Å²) in [6.07, 6.45) is 1.42. The second-order valence-corrected chi connectivity index (χ2v) is 14.3. The smallest absolute Gasteiger partial charge is 0.310 e. The van der Waals surface area contributed by atoms with Crippen molar-refractivity contribution in [3.63, 3.8) is 0 Å². The molecule has 0 radical (unpaired) electrons. The number of alkyl halides is 3. The zero-order valence-electron chi connectivity index (χ0n) is 22.6. The summed E-state index contributed by atoms with van der Waals surface area (Å²) in [5.41, 5.74) is -6.89. The minimum atomic E-state index is -2.31. The fraction of sp³-hybridized carbons (Fsp3) is 0.759. The summed E-state index contributed by atoms with van der Waals surface area (Å²) in [6.45, 7) is 9.04. The fourth-order valence-electron chi connectivity index (χ4n) is 9.06. The van der Waals surface area contributed by atoms with Crippen molar-refractivity contribution in [2.75, 3.05) is 6.01 Å². The van der Waals surface area contributed by atoms with Crippen LogP contribution in [-0.2, 0) is 19.1 Å². The second kappa shape index (κ2) is 8.69. The van der Waals surface area contributed by atoms with Crippen LogP contribution in [0.3, 0.4) is 0 Å². The van der Waals surface area contributed by atoms with Crippen molar-refractivity contribution in [2.45, 2.75) is 90.3 Å². The van der Waals surface area contributed by atoms with E-state index >= 15 is 8.78 Å². The summed E-state index contributed by atoms with van der Waals surface area (Å²) in [5.74, 6) is -3.58. The lowest BCUT2D eigenvalue weighted by atomic mass is 9.44. The van der Waals surface area contributed by atoms with Crippen molar-refractivity contribution >= 4 is 28.6 Å². The number of carbonyl (C=O) groups excluding carboxylic acids is 3. The first-order valence-corrected chi connectivity index (χ1v) is 14.5. The zero-order chi connectivity index (χ0) is 28.1. The fourth-order valence-corrected chi connectivity index (χ4v) is 9.85. The van der Waals surface area contributed by atoms with Gasteiger partial charge in [-0.2, -0.15) is 0 Å². The molecule has 0 aromatic rings. The molecule has 0 bridgehead atoms. The summed E-state index contributed by atoms with van der Waals surface area (Å²) < 4.78 is 52.8. The van der Waals surface area contributed by atoms with Gasteiger partial charge in [0.05, 0.1) is 12.0 Å². The number of hydrogen-bond acceptors (Lipinski definition) is 6. The molecule has 0 spiro atoms. The Morgan fingerprint density at radius 1 is 1.13 bits per heavy atom. The summed E-state index contributed by atoms with van der Waals surface area (Å²) in [7, 11) is 0. The van der Waals surface area contributed by atoms with E-state index in [4.69, 9.17) is 4.74 Å². The summed E-state index contributed by atoms with van der Waals surface area (Å²) in [4.78, 5) is 39.1. The average Bonchev–Trinajstić information content (AvgIpc) is 3.03. The Balaban J connectivity index is 1.59. The summed E-state index contributed by atoms with van der Waals surface area (Å²) >= 11 is 0.422. The molecule has 1 N–H and O–H groups in total. The van der Waals surface area contributed by atoms with E-state index in [0.717, 1.165) is 6.08 Å². The first kappa shape index (κ1) is 27.9. The van der Waals surface area contributed by atoms with E-state index in [0.29, 0.717) is 24.6 Å². The predicted octanol–water partition coefficient (Wildman–Crippen LogP) is 5.46. The molecule has 0 saturated heterocycles. The van der Waals surface area contributed by atoms with Gasteiger partial charge in [0.1, 0.15) is 12.2 Å². The van der Waals surface area contributed by atoms with E-state index in [-0.39, 0.29) is 30.3 Å². The minimum Gasteiger partial charge on any atom is -0.449 e. The number of esters is 1. The Morgan fingerprint density at radius 3 is 2.39 bits per heavy atom. The molecule has 9 heteroatoms. The summed E-state index contributed by atoms with van der Waals surface area (Å²) in [5, 5.41) is 10.9. The SMILES string of the molecule is C[C@@H]1C[C@H]2[C@@H]3C[C@H](F)C4=CC(=O)C=C[C@]4(C)[C@@]3(F)[C@@H](O)C[C@]2(C)[C@@]1(OC(=O)C1CC(C)(C)C1)C(=O)SCF. The van der Waals surface area contributed by atoms with Crippen LogP contribution in [0.2, 0.25) is 0 Å². The van der Waals surface area contributed by atoms with Crippen LogP contribution in [0.15, 0.2) is 23.8 Å². The second-order valence-electron chi connectivity index (χ2n) is 13.5. The van der Waals surface area contributed by atoms with Crippen LogP contribution in [0.4, 0.5) is 13.2 Å². The standard InChI is InChI=1S/C29H37F3O5S/c1-15-8-18-19-10-21(31)20-9-17(33)6-7-26(20,4)28(19,32)22(34)13-27(18,5)29(15,24(36)38-14-30)37-23(35)16-11-25(2,3)12-16/h6-7,9,15-16,18-19,21-22,34H,8,10-14H2,1-5H3/t15-,18+,19+,21+,22+,26+,27+,28+,29+/m1/s1. The van der Waals surface area contributed by atoms with Crippen molar-refractivity contribution in [3.05, 3.63) is 23.8 Å². The van der Waals surface area contributed by atoms with Gasteiger partial charge < -0.3 is 9.84 Å². The molecule has 4 fully saturated rings. The molecule has 9 atom stereocenters. The lowest BCUT2D eigenvalue weighted by Gasteiger charge is -2.63. The van der Waals surface area contributed by atoms with E-state index in [1.165, 1.54) is 19.1 Å². The normalized spacial score (nSPS) is 47.3. The number of ketones is 1. The highest BCUT2D eigenvalue weighted by Crippen LogP contribution is 2.72. The Kier molecular flexibility index (Phi) is 6.39. The first-order chi connectivity index (χ1) is 17.6. The zero-order valence-corrected chi connectivity index (χ0v) is 23.4. The van der Waals surface area contributed by atoms with Crippen LogP contribution in [0, 0.1) is 39.9 Å². The number of allylic oxidation sites excluding steroid dienone is 4. The average molecular weight is 555 g/mol. The van der Waals surface area contributed by atoms with Gasteiger partial charge in [-0.25, -0.2) is 13.2 Å². The van der Waals surface area contributed by atoms with E-state index in [2.05, 4.69) is 0 Å². The lowest BCUT2D eigenvalue weighted by molar-refractivity contribution is -0.231. The molecule has 5 aliphatic rings. The van der Waals surface area contributed by atoms with Gasteiger partial charge >= 0.3 is 5.97 Å². The van der Waals surface area contributed by atoms with Crippen LogP contribution < -0.4 is 0 Å². The maximum absolute atomic E-state index is 17.4. The van der Waals surface area contributed by atoms with Gasteiger partial charge in [-0.15, -0.1) is 0 Å². The van der Waals surface area contributed by atoms with Crippen molar-refractivity contribution in [3.8, 4) is 0 Å². The molecule has 5 rings (SSSR count). The van der Waals surface area contributed by atoms with E-state index in [1.54, 1.807) is 13.8 Å². The molecular weight excluding hydrogens is 517 g/mol. The Hall–Kier alpha value is -1.61. The number of aliphatic hydroxyl groups is 1. The number of thioether (sulfide) groups is 1. The molecule has 0 unspecified atom stereocenters. The van der Waals surface area contributed by atoms with Crippen molar-refractivity contribution < 1.29 is 37.4 Å². The van der Waals surface area contributed by atoms with E-state index in [9.17, 15) is 23.9 Å². The van der Waals surface area contributed by atoms with Gasteiger partial charge in [0.15, 0.2) is 17.1 Å². The topological polar surface area (TPSA) is 80.7 Å². The van der Waals surface area contributed by atoms with Crippen molar-refractivity contribution in [1.29, 1.82) is 0 Å². The van der Waals surface area contributed by atoms with Gasteiger partial charge in [0.25, 0.3) is 0 Å². The molecule has 38 heavy (non-hydrogen) atoms. The van der Waals surface area contributed by atoms with Gasteiger partial charge in [-0.1, -0.05) is 33.8 Å². The third-order valence-corrected chi connectivity index (χ3v) is 11.5. The number of fused-ring (bicyclic) bond motifs is 5. The van der Waals surface area contributed by atoms with Gasteiger partial charge in [0.2, 0.25) is 5.12 Å². The Morgan fingerprint density at radius 2 is 1.79 bits per heavy atom. The van der Waals surface area contributed by atoms with Gasteiger partial charge in [-0.3, -0.25) is 14.4 Å². The molecular formula is C29H37F3O5S. The maximum atomic E-state index is 17.4. The maximum Gasteiger partial charge on any atom is 0.310 e. The summed E-state index contributed by atoms with van der Waals surface area (Å²) in [6, 6.07) is -1.02. The highest BCUT2D eigenvalue weighted by molar-refractivity contribution is 8.13. The molecule has 5 nitrogen and oxygen atoms in total. The minimum absolute atomic E-state index is 0.0202. The third-order valence-electron chi connectivity index (χ3n) is 10.9. The van der Waals surface area contributed by atoms with Gasteiger partial charge in [0, 0.05) is 22.7 Å². The lowest BCUT2D eigenvalue weighted by Crippen LogP contribution is -2.71. The molecule has 0 heterocycles. The van der Waals surface area contributed by atoms with Crippen LogP contribution in [0.1, 0.15) is 66.7 Å². The number of hydrogen-bond donors (Lipinski definition) is 1. The Bertz CT molecular complexity index is 1130. The number of ether oxygens (including phenoxy) is 1. The van der Waals surface area contributed by atoms with Crippen LogP contribution in [0.25, 0.3) is 0 Å². The molecule has 0 aromatic heterocycles. The van der Waals surface area contributed by atoms with E-state index in [1.807, 2.05) is 13.8 Å². The third kappa shape index (κ3) is 3.45. The monoisotopic (exact) mass is 554 g/mol.